The van der Waals surface area contributed by atoms with Crippen LogP contribution in [0.2, 0.25) is 0 Å². The van der Waals surface area contributed by atoms with Gasteiger partial charge in [0.2, 0.25) is 0 Å². The number of aromatic nitrogens is 3. The van der Waals surface area contributed by atoms with Crippen molar-refractivity contribution in [2.45, 2.75) is 0 Å². The zero-order valence-electron chi connectivity index (χ0n) is 18.2. The highest BCUT2D eigenvalue weighted by molar-refractivity contribution is 6.12. The summed E-state index contributed by atoms with van der Waals surface area (Å²) in [6.07, 6.45) is 3.77. The molecule has 7 aromatic rings. The molecular weight excluding hydrogens is 416 g/mol. The van der Waals surface area contributed by atoms with Gasteiger partial charge in [-0.1, -0.05) is 48.5 Å². The van der Waals surface area contributed by atoms with E-state index in [1.54, 1.807) is 0 Å². The quantitative estimate of drug-likeness (QED) is 0.255. The van der Waals surface area contributed by atoms with E-state index < -0.39 is 0 Å². The van der Waals surface area contributed by atoms with E-state index in [0.717, 1.165) is 33.2 Å². The first-order valence-corrected chi connectivity index (χ1v) is 11.2. The second kappa shape index (κ2) is 7.06. The Bertz CT molecular complexity index is 1860. The standard InChI is InChI=1S/C30H18N4/c1-31-20-10-12-21(13-11-20)33-29-15-14-22(18-25(29)26-19-32-17-16-30(26)33)34-27-8-4-2-6-23(27)24-7-3-5-9-28(24)34/h2-19H. The van der Waals surface area contributed by atoms with Gasteiger partial charge in [-0.05, 0) is 48.5 Å². The topological polar surface area (TPSA) is 27.1 Å². The Hall–Kier alpha value is -4.88. The summed E-state index contributed by atoms with van der Waals surface area (Å²) in [5.74, 6) is 0. The van der Waals surface area contributed by atoms with Gasteiger partial charge in [-0.15, -0.1) is 0 Å². The van der Waals surface area contributed by atoms with Gasteiger partial charge in [-0.3, -0.25) is 4.98 Å². The van der Waals surface area contributed by atoms with Gasteiger partial charge in [0, 0.05) is 45.3 Å². The van der Waals surface area contributed by atoms with Crippen molar-refractivity contribution >= 4 is 49.3 Å². The molecule has 0 aliphatic rings. The SMILES string of the molecule is [C-]#[N+]c1ccc(-n2c3ccncc3c3cc(-n4c5ccccc5c5ccccc54)ccc32)cc1. The second-order valence-corrected chi connectivity index (χ2v) is 8.43. The summed E-state index contributed by atoms with van der Waals surface area (Å²) in [5.41, 5.74) is 7.39. The van der Waals surface area contributed by atoms with Crippen LogP contribution in [0.1, 0.15) is 0 Å². The maximum atomic E-state index is 7.27. The summed E-state index contributed by atoms with van der Waals surface area (Å²) in [6.45, 7) is 7.27. The summed E-state index contributed by atoms with van der Waals surface area (Å²) in [4.78, 5) is 7.97. The molecule has 34 heavy (non-hydrogen) atoms. The molecule has 0 saturated carbocycles. The van der Waals surface area contributed by atoms with Gasteiger partial charge in [0.15, 0.2) is 5.69 Å². The van der Waals surface area contributed by atoms with E-state index in [4.69, 9.17) is 6.57 Å². The third-order valence-corrected chi connectivity index (χ3v) is 6.63. The van der Waals surface area contributed by atoms with Crippen molar-refractivity contribution in [2.24, 2.45) is 0 Å². The molecule has 0 atom stereocenters. The largest absolute Gasteiger partial charge is 0.309 e. The molecule has 0 aliphatic heterocycles. The van der Waals surface area contributed by atoms with E-state index in [0.29, 0.717) is 5.69 Å². The van der Waals surface area contributed by atoms with Crippen LogP contribution in [0.5, 0.6) is 0 Å². The molecule has 7 rings (SSSR count). The zero-order chi connectivity index (χ0) is 22.6. The minimum atomic E-state index is 0.639. The highest BCUT2D eigenvalue weighted by Gasteiger charge is 2.16. The molecule has 0 saturated heterocycles. The van der Waals surface area contributed by atoms with Gasteiger partial charge in [-0.25, -0.2) is 4.85 Å². The number of nitrogens with zero attached hydrogens (tertiary/aromatic N) is 4. The lowest BCUT2D eigenvalue weighted by Gasteiger charge is -2.10. The normalized spacial score (nSPS) is 11.5. The summed E-state index contributed by atoms with van der Waals surface area (Å²) in [6, 6.07) is 33.6. The molecule has 0 radical (unpaired) electrons. The fraction of sp³-hybridized carbons (Fsp3) is 0. The van der Waals surface area contributed by atoms with Crippen LogP contribution < -0.4 is 0 Å². The van der Waals surface area contributed by atoms with E-state index in [9.17, 15) is 0 Å². The Morgan fingerprint density at radius 3 is 1.85 bits per heavy atom. The second-order valence-electron chi connectivity index (χ2n) is 8.43. The summed E-state index contributed by atoms with van der Waals surface area (Å²) < 4.78 is 4.59. The van der Waals surface area contributed by atoms with E-state index in [1.165, 1.54) is 21.8 Å². The van der Waals surface area contributed by atoms with Crippen molar-refractivity contribution in [1.29, 1.82) is 0 Å². The van der Waals surface area contributed by atoms with Crippen molar-refractivity contribution < 1.29 is 0 Å². The van der Waals surface area contributed by atoms with Crippen molar-refractivity contribution in [2.75, 3.05) is 0 Å². The molecule has 158 valence electrons. The smallest absolute Gasteiger partial charge is 0.187 e. The first-order chi connectivity index (χ1) is 16.8. The molecule has 3 heterocycles. The summed E-state index contributed by atoms with van der Waals surface area (Å²) in [7, 11) is 0. The minimum absolute atomic E-state index is 0.639. The van der Waals surface area contributed by atoms with Crippen molar-refractivity contribution in [3.63, 3.8) is 0 Å². The Kier molecular flexibility index (Phi) is 3.88. The average Bonchev–Trinajstić information content (AvgIpc) is 3.41. The Labute approximate surface area is 195 Å². The number of benzene rings is 4. The Morgan fingerprint density at radius 1 is 0.559 bits per heavy atom. The molecule has 0 N–H and O–H groups in total. The van der Waals surface area contributed by atoms with Gasteiger partial charge >= 0.3 is 0 Å². The van der Waals surface area contributed by atoms with E-state index >= 15 is 0 Å². The first kappa shape index (κ1) is 18.7. The first-order valence-electron chi connectivity index (χ1n) is 11.2. The van der Waals surface area contributed by atoms with Crippen molar-refractivity contribution in [1.82, 2.24) is 14.1 Å². The highest BCUT2D eigenvalue weighted by atomic mass is 15.0. The number of hydrogen-bond donors (Lipinski definition) is 0. The molecular formula is C30H18N4. The van der Waals surface area contributed by atoms with Crippen LogP contribution in [0.15, 0.2) is 109 Å². The molecule has 4 nitrogen and oxygen atoms in total. The van der Waals surface area contributed by atoms with Crippen LogP contribution in [0, 0.1) is 6.57 Å². The molecule has 0 bridgehead atoms. The van der Waals surface area contributed by atoms with Gasteiger partial charge in [0.05, 0.1) is 28.6 Å². The fourth-order valence-electron chi connectivity index (χ4n) is 5.15. The van der Waals surface area contributed by atoms with Crippen LogP contribution in [0.4, 0.5) is 5.69 Å². The van der Waals surface area contributed by atoms with Crippen molar-refractivity contribution in [3.8, 4) is 11.4 Å². The number of para-hydroxylation sites is 2. The average molecular weight is 435 g/mol. The molecule has 0 aliphatic carbocycles. The predicted octanol–water partition coefficient (Wildman–Crippen LogP) is 7.83. The number of pyridine rings is 1. The van der Waals surface area contributed by atoms with Gasteiger partial charge in [-0.2, -0.15) is 0 Å². The fourth-order valence-corrected chi connectivity index (χ4v) is 5.15. The number of hydrogen-bond acceptors (Lipinski definition) is 1. The molecule has 0 spiro atoms. The number of rotatable bonds is 2. The Balaban J connectivity index is 1.55. The lowest BCUT2D eigenvalue weighted by molar-refractivity contribution is 1.16. The molecule has 4 heteroatoms. The Morgan fingerprint density at radius 2 is 1.15 bits per heavy atom. The maximum Gasteiger partial charge on any atom is 0.187 e. The van der Waals surface area contributed by atoms with Crippen LogP contribution in [-0.2, 0) is 0 Å². The molecule has 0 amide bonds. The minimum Gasteiger partial charge on any atom is -0.309 e. The third kappa shape index (κ3) is 2.55. The van der Waals surface area contributed by atoms with Crippen LogP contribution >= 0.6 is 0 Å². The highest BCUT2D eigenvalue weighted by Crippen LogP contribution is 2.36. The van der Waals surface area contributed by atoms with Gasteiger partial charge in [0.1, 0.15) is 0 Å². The summed E-state index contributed by atoms with van der Waals surface area (Å²) in [5, 5.41) is 4.76. The van der Waals surface area contributed by atoms with E-state index in [1.807, 2.05) is 36.7 Å². The van der Waals surface area contributed by atoms with Crippen molar-refractivity contribution in [3.05, 3.63) is 121 Å². The lowest BCUT2D eigenvalue weighted by Crippen LogP contribution is -1.95. The van der Waals surface area contributed by atoms with Crippen LogP contribution in [-0.4, -0.2) is 14.1 Å². The lowest BCUT2D eigenvalue weighted by atomic mass is 10.1. The number of fused-ring (bicyclic) bond motifs is 6. The van der Waals surface area contributed by atoms with Gasteiger partial charge < -0.3 is 9.13 Å². The molecule has 0 fully saturated rings. The molecule has 4 aromatic carbocycles. The van der Waals surface area contributed by atoms with Crippen LogP contribution in [0.3, 0.4) is 0 Å². The third-order valence-electron chi connectivity index (χ3n) is 6.63. The predicted molar refractivity (Wildman–Crippen MR) is 139 cm³/mol. The van der Waals surface area contributed by atoms with E-state index in [2.05, 4.69) is 91.8 Å². The maximum absolute atomic E-state index is 7.27. The summed E-state index contributed by atoms with van der Waals surface area (Å²) >= 11 is 0. The van der Waals surface area contributed by atoms with E-state index in [-0.39, 0.29) is 0 Å². The molecule has 3 aromatic heterocycles. The monoisotopic (exact) mass is 434 g/mol. The van der Waals surface area contributed by atoms with Crippen LogP contribution in [0.25, 0.3) is 59.8 Å². The molecule has 0 unspecified atom stereocenters. The zero-order valence-corrected chi connectivity index (χ0v) is 18.2. The van der Waals surface area contributed by atoms with Gasteiger partial charge in [0.25, 0.3) is 0 Å².